The van der Waals surface area contributed by atoms with Crippen LogP contribution in [0.1, 0.15) is 31.7 Å². The van der Waals surface area contributed by atoms with Crippen molar-refractivity contribution in [3.63, 3.8) is 0 Å². The maximum absolute atomic E-state index is 5.92. The molecule has 2 rings (SSSR count). The first kappa shape index (κ1) is 14.7. The van der Waals surface area contributed by atoms with Crippen molar-refractivity contribution >= 4 is 15.9 Å². The monoisotopic (exact) mass is 327 g/mol. The number of rotatable bonds is 6. The van der Waals surface area contributed by atoms with Gasteiger partial charge in [0.15, 0.2) is 11.5 Å². The van der Waals surface area contributed by atoms with E-state index in [-0.39, 0.29) is 6.04 Å². The minimum absolute atomic E-state index is 0.137. The second kappa shape index (κ2) is 6.62. The Labute approximate surface area is 123 Å². The Hall–Kier alpha value is -0.740. The van der Waals surface area contributed by atoms with Crippen molar-refractivity contribution in [1.82, 2.24) is 0 Å². The van der Waals surface area contributed by atoms with Crippen LogP contribution in [0.2, 0.25) is 0 Å². The van der Waals surface area contributed by atoms with Gasteiger partial charge in [-0.15, -0.1) is 0 Å². The Morgan fingerprint density at radius 1 is 1.42 bits per heavy atom. The molecule has 0 aliphatic heterocycles. The smallest absolute Gasteiger partial charge is 0.175 e. The summed E-state index contributed by atoms with van der Waals surface area (Å²) in [6, 6.07) is 4.23. The van der Waals surface area contributed by atoms with Crippen LogP contribution in [0, 0.1) is 5.92 Å². The molecule has 19 heavy (non-hydrogen) atoms. The molecule has 0 bridgehead atoms. The van der Waals surface area contributed by atoms with Gasteiger partial charge in [0.2, 0.25) is 0 Å². The normalized spacial score (nSPS) is 16.8. The second-order valence-electron chi connectivity index (χ2n) is 5.40. The van der Waals surface area contributed by atoms with Gasteiger partial charge in [0.05, 0.1) is 18.2 Å². The van der Waals surface area contributed by atoms with Gasteiger partial charge >= 0.3 is 0 Å². The molecule has 0 spiro atoms. The molecule has 1 atom stereocenters. The third-order valence-electron chi connectivity index (χ3n) is 3.54. The molecule has 1 aliphatic carbocycles. The van der Waals surface area contributed by atoms with E-state index >= 15 is 0 Å². The molecule has 3 nitrogen and oxygen atoms in total. The van der Waals surface area contributed by atoms with Crippen LogP contribution in [0.3, 0.4) is 0 Å². The van der Waals surface area contributed by atoms with Crippen LogP contribution in [0.25, 0.3) is 0 Å². The first-order chi connectivity index (χ1) is 9.10. The molecule has 1 aliphatic rings. The highest BCUT2D eigenvalue weighted by molar-refractivity contribution is 9.10. The van der Waals surface area contributed by atoms with Crippen molar-refractivity contribution in [3.05, 3.63) is 22.2 Å². The molecular weight excluding hydrogens is 306 g/mol. The minimum Gasteiger partial charge on any atom is -0.493 e. The van der Waals surface area contributed by atoms with Gasteiger partial charge in [0.1, 0.15) is 0 Å². The number of benzene rings is 1. The molecule has 1 saturated carbocycles. The van der Waals surface area contributed by atoms with E-state index in [1.165, 1.54) is 19.3 Å². The summed E-state index contributed by atoms with van der Waals surface area (Å²) in [6.45, 7) is 2.78. The summed E-state index contributed by atoms with van der Waals surface area (Å²) >= 11 is 3.57. The fourth-order valence-corrected chi connectivity index (χ4v) is 2.87. The lowest BCUT2D eigenvalue weighted by molar-refractivity contribution is 0.175. The van der Waals surface area contributed by atoms with Crippen LogP contribution in [-0.4, -0.2) is 19.8 Å². The fraction of sp³-hybridized carbons (Fsp3) is 0.600. The molecule has 0 radical (unpaired) electrons. The summed E-state index contributed by atoms with van der Waals surface area (Å²) in [5.41, 5.74) is 7.00. The van der Waals surface area contributed by atoms with Crippen molar-refractivity contribution < 1.29 is 9.47 Å². The molecule has 1 unspecified atom stereocenters. The maximum atomic E-state index is 5.92. The second-order valence-corrected chi connectivity index (χ2v) is 6.25. The zero-order valence-electron chi connectivity index (χ0n) is 11.6. The quantitative estimate of drug-likeness (QED) is 0.869. The fourth-order valence-electron chi connectivity index (χ4n) is 2.26. The average molecular weight is 328 g/mol. The SMILES string of the molecule is COc1cc(CC(C)N)cc(Br)c1OCC1CCC1. The minimum atomic E-state index is 0.137. The number of ether oxygens (including phenoxy) is 2. The zero-order chi connectivity index (χ0) is 13.8. The highest BCUT2D eigenvalue weighted by atomic mass is 79.9. The Morgan fingerprint density at radius 3 is 2.68 bits per heavy atom. The van der Waals surface area contributed by atoms with Crippen LogP contribution < -0.4 is 15.2 Å². The van der Waals surface area contributed by atoms with E-state index in [2.05, 4.69) is 22.0 Å². The number of nitrogens with two attached hydrogens (primary N) is 1. The van der Waals surface area contributed by atoms with E-state index < -0.39 is 0 Å². The Kier molecular flexibility index (Phi) is 5.11. The van der Waals surface area contributed by atoms with Gasteiger partial charge in [0.25, 0.3) is 0 Å². The summed E-state index contributed by atoms with van der Waals surface area (Å²) in [4.78, 5) is 0. The highest BCUT2D eigenvalue weighted by Crippen LogP contribution is 2.38. The van der Waals surface area contributed by atoms with E-state index in [1.54, 1.807) is 7.11 Å². The van der Waals surface area contributed by atoms with Gasteiger partial charge in [-0.05, 0) is 65.7 Å². The molecule has 4 heteroatoms. The topological polar surface area (TPSA) is 44.5 Å². The highest BCUT2D eigenvalue weighted by Gasteiger charge is 2.20. The van der Waals surface area contributed by atoms with E-state index in [9.17, 15) is 0 Å². The summed E-state index contributed by atoms with van der Waals surface area (Å²) in [5, 5.41) is 0. The van der Waals surface area contributed by atoms with Crippen LogP contribution in [0.4, 0.5) is 0 Å². The molecule has 2 N–H and O–H groups in total. The lowest BCUT2D eigenvalue weighted by Gasteiger charge is -2.26. The lowest BCUT2D eigenvalue weighted by Crippen LogP contribution is -2.20. The van der Waals surface area contributed by atoms with E-state index in [0.29, 0.717) is 5.92 Å². The molecule has 1 aromatic carbocycles. The van der Waals surface area contributed by atoms with Crippen LogP contribution in [-0.2, 0) is 6.42 Å². The standard InChI is InChI=1S/C15H22BrNO2/c1-10(17)6-12-7-13(16)15(14(8-12)18-2)19-9-11-4-3-5-11/h7-8,10-11H,3-6,9,17H2,1-2H3. The van der Waals surface area contributed by atoms with Crippen LogP contribution >= 0.6 is 15.9 Å². The van der Waals surface area contributed by atoms with Crippen LogP contribution in [0.15, 0.2) is 16.6 Å². The van der Waals surface area contributed by atoms with Crippen molar-refractivity contribution in [3.8, 4) is 11.5 Å². The number of hydrogen-bond acceptors (Lipinski definition) is 3. The molecule has 1 aromatic rings. The van der Waals surface area contributed by atoms with Gasteiger partial charge in [-0.25, -0.2) is 0 Å². The average Bonchev–Trinajstić information content (AvgIpc) is 2.28. The van der Waals surface area contributed by atoms with Crippen LogP contribution in [0.5, 0.6) is 11.5 Å². The molecule has 1 fully saturated rings. The summed E-state index contributed by atoms with van der Waals surface area (Å²) in [6.07, 6.45) is 4.73. The third-order valence-corrected chi connectivity index (χ3v) is 4.12. The molecule has 0 saturated heterocycles. The molecule has 106 valence electrons. The first-order valence-electron chi connectivity index (χ1n) is 6.85. The zero-order valence-corrected chi connectivity index (χ0v) is 13.2. The molecular formula is C15H22BrNO2. The Balaban J connectivity index is 2.11. The molecule has 0 amide bonds. The summed E-state index contributed by atoms with van der Waals surface area (Å²) in [7, 11) is 1.67. The molecule has 0 aromatic heterocycles. The number of methoxy groups -OCH3 is 1. The van der Waals surface area contributed by atoms with Gasteiger partial charge in [-0.2, -0.15) is 0 Å². The van der Waals surface area contributed by atoms with E-state index in [1.807, 2.05) is 13.0 Å². The van der Waals surface area contributed by atoms with Crippen molar-refractivity contribution in [2.75, 3.05) is 13.7 Å². The van der Waals surface area contributed by atoms with E-state index in [4.69, 9.17) is 15.2 Å². The van der Waals surface area contributed by atoms with Crippen molar-refractivity contribution in [2.45, 2.75) is 38.6 Å². The Morgan fingerprint density at radius 2 is 2.16 bits per heavy atom. The summed E-state index contributed by atoms with van der Waals surface area (Å²) < 4.78 is 12.3. The molecule has 0 heterocycles. The maximum Gasteiger partial charge on any atom is 0.175 e. The largest absolute Gasteiger partial charge is 0.493 e. The number of hydrogen-bond donors (Lipinski definition) is 1. The van der Waals surface area contributed by atoms with Crippen molar-refractivity contribution in [1.29, 1.82) is 0 Å². The predicted molar refractivity (Wildman–Crippen MR) is 80.9 cm³/mol. The van der Waals surface area contributed by atoms with Gasteiger partial charge < -0.3 is 15.2 Å². The summed E-state index contributed by atoms with van der Waals surface area (Å²) in [5.74, 6) is 2.30. The van der Waals surface area contributed by atoms with Gasteiger partial charge in [-0.3, -0.25) is 0 Å². The van der Waals surface area contributed by atoms with Crippen molar-refractivity contribution in [2.24, 2.45) is 11.7 Å². The van der Waals surface area contributed by atoms with E-state index in [0.717, 1.165) is 34.6 Å². The van der Waals surface area contributed by atoms with Gasteiger partial charge in [0, 0.05) is 6.04 Å². The lowest BCUT2D eigenvalue weighted by atomic mass is 9.86. The third kappa shape index (κ3) is 3.86. The predicted octanol–water partition coefficient (Wildman–Crippen LogP) is 3.53. The Bertz CT molecular complexity index is 430. The number of halogens is 1. The van der Waals surface area contributed by atoms with Gasteiger partial charge in [-0.1, -0.05) is 6.42 Å². The first-order valence-corrected chi connectivity index (χ1v) is 7.64.